The summed E-state index contributed by atoms with van der Waals surface area (Å²) in [7, 11) is -3.55. The van der Waals surface area contributed by atoms with Crippen LogP contribution in [0.2, 0.25) is 20.1 Å². The maximum atomic E-state index is 12.5. The predicted molar refractivity (Wildman–Crippen MR) is 128 cm³/mol. The first-order valence-corrected chi connectivity index (χ1v) is 12.2. The molecule has 0 atom stereocenters. The first kappa shape index (κ1) is 23.7. The minimum atomic E-state index is -3.55. The van der Waals surface area contributed by atoms with Gasteiger partial charge in [-0.05, 0) is 48.0 Å². The van der Waals surface area contributed by atoms with Crippen LogP contribution >= 0.6 is 46.4 Å². The Labute approximate surface area is 200 Å². The number of nitrogens with zero attached hydrogens (tertiary/aromatic N) is 1. The summed E-state index contributed by atoms with van der Waals surface area (Å²) in [4.78, 5) is 12.5. The van der Waals surface area contributed by atoms with Gasteiger partial charge in [-0.3, -0.25) is 9.10 Å². The number of nitrogens with one attached hydrogen (secondary N) is 1. The summed E-state index contributed by atoms with van der Waals surface area (Å²) in [6, 6.07) is 16.0. The molecule has 0 spiro atoms. The minimum absolute atomic E-state index is 0.0830. The van der Waals surface area contributed by atoms with Gasteiger partial charge in [-0.2, -0.15) is 0 Å². The molecule has 10 heteroatoms. The number of anilines is 2. The van der Waals surface area contributed by atoms with Crippen LogP contribution in [-0.2, 0) is 16.6 Å². The predicted octanol–water partition coefficient (Wildman–Crippen LogP) is 6.52. The van der Waals surface area contributed by atoms with Crippen molar-refractivity contribution in [3.8, 4) is 0 Å². The van der Waals surface area contributed by atoms with Crippen LogP contribution in [0, 0.1) is 0 Å². The molecule has 162 valence electrons. The fourth-order valence-corrected chi connectivity index (χ4v) is 4.43. The van der Waals surface area contributed by atoms with Crippen LogP contribution in [-0.4, -0.2) is 20.6 Å². The van der Waals surface area contributed by atoms with Crippen molar-refractivity contribution in [2.75, 3.05) is 15.9 Å². The minimum Gasteiger partial charge on any atom is -0.321 e. The second kappa shape index (κ2) is 9.67. The standard InChI is InChI=1S/C21H16Cl4N2O3S/c1-31(29,30)27(16-4-2-3-15(22)9-16)12-13-5-7-14(8-6-13)21(28)26-20-11-18(24)17(23)10-19(20)25/h2-11H,12H2,1H3,(H,26,28). The lowest BCUT2D eigenvalue weighted by molar-refractivity contribution is 0.102. The smallest absolute Gasteiger partial charge is 0.255 e. The number of sulfonamides is 1. The van der Waals surface area contributed by atoms with Gasteiger partial charge in [0.2, 0.25) is 10.0 Å². The van der Waals surface area contributed by atoms with E-state index in [9.17, 15) is 13.2 Å². The summed E-state index contributed by atoms with van der Waals surface area (Å²) in [6.07, 6.45) is 1.12. The van der Waals surface area contributed by atoms with Gasteiger partial charge >= 0.3 is 0 Å². The van der Waals surface area contributed by atoms with E-state index in [1.807, 2.05) is 0 Å². The van der Waals surface area contributed by atoms with Gasteiger partial charge in [-0.1, -0.05) is 64.6 Å². The van der Waals surface area contributed by atoms with Crippen molar-refractivity contribution in [1.29, 1.82) is 0 Å². The van der Waals surface area contributed by atoms with Crippen molar-refractivity contribution in [2.24, 2.45) is 0 Å². The van der Waals surface area contributed by atoms with E-state index in [0.29, 0.717) is 27.5 Å². The quantitative estimate of drug-likeness (QED) is 0.378. The first-order chi connectivity index (χ1) is 14.5. The van der Waals surface area contributed by atoms with Crippen LogP contribution in [0.1, 0.15) is 15.9 Å². The van der Waals surface area contributed by atoms with E-state index in [1.165, 1.54) is 16.4 Å². The number of amides is 1. The fraction of sp³-hybridized carbons (Fsp3) is 0.0952. The van der Waals surface area contributed by atoms with Crippen LogP contribution in [0.25, 0.3) is 0 Å². The summed E-state index contributed by atoms with van der Waals surface area (Å²) in [5.41, 5.74) is 1.83. The van der Waals surface area contributed by atoms with E-state index >= 15 is 0 Å². The molecule has 31 heavy (non-hydrogen) atoms. The molecule has 1 N–H and O–H groups in total. The van der Waals surface area contributed by atoms with Gasteiger partial charge in [0.25, 0.3) is 5.91 Å². The summed E-state index contributed by atoms with van der Waals surface area (Å²) in [6.45, 7) is 0.0830. The summed E-state index contributed by atoms with van der Waals surface area (Å²) in [5, 5.41) is 3.90. The van der Waals surface area contributed by atoms with Gasteiger partial charge in [-0.15, -0.1) is 0 Å². The summed E-state index contributed by atoms with van der Waals surface area (Å²) < 4.78 is 25.8. The van der Waals surface area contributed by atoms with Crippen LogP contribution in [0.4, 0.5) is 11.4 Å². The van der Waals surface area contributed by atoms with E-state index in [1.54, 1.807) is 48.5 Å². The Morgan fingerprint density at radius 1 is 0.903 bits per heavy atom. The molecule has 3 rings (SSSR count). The molecular formula is C21H16Cl4N2O3S. The Hall–Kier alpha value is -1.96. The molecule has 3 aromatic carbocycles. The number of carbonyl (C=O) groups excluding carboxylic acids is 1. The molecule has 0 radical (unpaired) electrons. The first-order valence-electron chi connectivity index (χ1n) is 8.83. The lowest BCUT2D eigenvalue weighted by atomic mass is 10.1. The molecule has 1 amide bonds. The van der Waals surface area contributed by atoms with Gasteiger partial charge < -0.3 is 5.32 Å². The van der Waals surface area contributed by atoms with Gasteiger partial charge in [0.15, 0.2) is 0 Å². The van der Waals surface area contributed by atoms with E-state index in [0.717, 1.165) is 6.26 Å². The Kier molecular flexibility index (Phi) is 7.39. The molecule has 0 heterocycles. The third kappa shape index (κ3) is 6.05. The van der Waals surface area contributed by atoms with Crippen LogP contribution in [0.5, 0.6) is 0 Å². The maximum Gasteiger partial charge on any atom is 0.255 e. The number of halogens is 4. The van der Waals surface area contributed by atoms with Gasteiger partial charge in [0.1, 0.15) is 0 Å². The molecule has 0 unspecified atom stereocenters. The van der Waals surface area contributed by atoms with E-state index in [2.05, 4.69) is 5.32 Å². The summed E-state index contributed by atoms with van der Waals surface area (Å²) in [5.74, 6) is -0.401. The number of rotatable bonds is 6. The maximum absolute atomic E-state index is 12.5. The molecule has 0 saturated heterocycles. The molecule has 0 saturated carbocycles. The van der Waals surface area contributed by atoms with Crippen molar-refractivity contribution >= 4 is 73.7 Å². The molecule has 0 aliphatic heterocycles. The normalized spacial score (nSPS) is 11.3. The Balaban J connectivity index is 1.79. The number of hydrogen-bond donors (Lipinski definition) is 1. The number of carbonyl (C=O) groups is 1. The van der Waals surface area contributed by atoms with Crippen LogP contribution < -0.4 is 9.62 Å². The highest BCUT2D eigenvalue weighted by molar-refractivity contribution is 7.92. The SMILES string of the molecule is CS(=O)(=O)N(Cc1ccc(C(=O)Nc2cc(Cl)c(Cl)cc2Cl)cc1)c1cccc(Cl)c1. The van der Waals surface area contributed by atoms with Crippen molar-refractivity contribution in [2.45, 2.75) is 6.54 Å². The Bertz CT molecular complexity index is 1230. The summed E-state index contributed by atoms with van der Waals surface area (Å²) >= 11 is 24.0. The molecule has 5 nitrogen and oxygen atoms in total. The molecule has 0 bridgehead atoms. The van der Waals surface area contributed by atoms with E-state index in [-0.39, 0.29) is 21.6 Å². The second-order valence-corrected chi connectivity index (χ2v) is 10.2. The highest BCUT2D eigenvalue weighted by Crippen LogP contribution is 2.32. The average molecular weight is 518 g/mol. The second-order valence-electron chi connectivity index (χ2n) is 6.65. The number of hydrogen-bond acceptors (Lipinski definition) is 3. The van der Waals surface area contributed by atoms with Crippen molar-refractivity contribution in [1.82, 2.24) is 0 Å². The van der Waals surface area contributed by atoms with Crippen molar-refractivity contribution in [3.05, 3.63) is 91.9 Å². The lowest BCUT2D eigenvalue weighted by Gasteiger charge is -2.22. The van der Waals surface area contributed by atoms with Crippen molar-refractivity contribution in [3.63, 3.8) is 0 Å². The number of benzene rings is 3. The molecule has 3 aromatic rings. The third-order valence-corrected chi connectivity index (χ3v) is 6.71. The zero-order valence-corrected chi connectivity index (χ0v) is 19.9. The molecular weight excluding hydrogens is 502 g/mol. The van der Waals surface area contributed by atoms with Crippen molar-refractivity contribution < 1.29 is 13.2 Å². The van der Waals surface area contributed by atoms with E-state index in [4.69, 9.17) is 46.4 Å². The largest absolute Gasteiger partial charge is 0.321 e. The van der Waals surface area contributed by atoms with Gasteiger partial charge in [-0.25, -0.2) is 8.42 Å². The molecule has 0 aliphatic carbocycles. The highest BCUT2D eigenvalue weighted by atomic mass is 35.5. The van der Waals surface area contributed by atoms with Crippen LogP contribution in [0.15, 0.2) is 60.7 Å². The zero-order valence-electron chi connectivity index (χ0n) is 16.1. The zero-order chi connectivity index (χ0) is 22.8. The lowest BCUT2D eigenvalue weighted by Crippen LogP contribution is -2.29. The van der Waals surface area contributed by atoms with Gasteiger partial charge in [0.05, 0.1) is 39.2 Å². The molecule has 0 fully saturated rings. The topological polar surface area (TPSA) is 66.5 Å². The van der Waals surface area contributed by atoms with E-state index < -0.39 is 15.9 Å². The fourth-order valence-electron chi connectivity index (χ4n) is 2.77. The molecule has 0 aromatic heterocycles. The Morgan fingerprint density at radius 3 is 2.16 bits per heavy atom. The monoisotopic (exact) mass is 516 g/mol. The Morgan fingerprint density at radius 2 is 1.55 bits per heavy atom. The molecule has 0 aliphatic rings. The van der Waals surface area contributed by atoms with Crippen LogP contribution in [0.3, 0.4) is 0 Å². The highest BCUT2D eigenvalue weighted by Gasteiger charge is 2.18. The third-order valence-electron chi connectivity index (χ3n) is 4.30. The average Bonchev–Trinajstić information content (AvgIpc) is 2.69. The van der Waals surface area contributed by atoms with Gasteiger partial charge in [0, 0.05) is 10.6 Å².